The number of benzene rings is 4. The van der Waals surface area contributed by atoms with Crippen LogP contribution in [0.1, 0.15) is 35.1 Å². The average molecular weight is 641 g/mol. The van der Waals surface area contributed by atoms with Gasteiger partial charge in [-0.3, -0.25) is 0 Å². The Hall–Kier alpha value is -1.53. The van der Waals surface area contributed by atoms with Crippen molar-refractivity contribution in [3.8, 4) is 22.3 Å². The summed E-state index contributed by atoms with van der Waals surface area (Å²) in [6.07, 6.45) is 1.98. The summed E-state index contributed by atoms with van der Waals surface area (Å²) in [4.78, 5) is 0. The largest absolute Gasteiger partial charge is 0.0843 e. The van der Waals surface area contributed by atoms with Gasteiger partial charge in [0.25, 0.3) is 0 Å². The van der Waals surface area contributed by atoms with E-state index in [-0.39, 0.29) is 10.1 Å². The molecule has 0 spiro atoms. The zero-order valence-electron chi connectivity index (χ0n) is 23.9. The summed E-state index contributed by atoms with van der Waals surface area (Å²) in [5.41, 5.74) is 10.6. The van der Waals surface area contributed by atoms with Gasteiger partial charge in [0.05, 0.1) is 16.1 Å². The van der Waals surface area contributed by atoms with Gasteiger partial charge in [0.1, 0.15) is 0 Å². The number of fused-ring (bicyclic) bond motifs is 6. The molecule has 0 aliphatic heterocycles. The third-order valence-corrected chi connectivity index (χ3v) is 17.4. The Morgan fingerprint density at radius 3 is 0.850 bits per heavy atom. The van der Waals surface area contributed by atoms with Crippen molar-refractivity contribution in [1.29, 1.82) is 0 Å². The SMILES string of the molecule is C[Si](C)(C)C1(CCC2([Si](C)(C)C)c3cc(Cl)ccc3-c3ccc(Cl)cc32)c2cc(Cl)ccc2-c2ccc(Cl)cc21. The maximum Gasteiger partial charge on any atom is 0.0613 e. The molecule has 6 rings (SSSR count). The molecule has 0 aromatic heterocycles. The Morgan fingerprint density at radius 2 is 0.650 bits per heavy atom. The minimum Gasteiger partial charge on any atom is -0.0843 e. The van der Waals surface area contributed by atoms with Crippen molar-refractivity contribution in [1.82, 2.24) is 0 Å². The van der Waals surface area contributed by atoms with Gasteiger partial charge in [-0.2, -0.15) is 0 Å². The molecule has 0 nitrogen and oxygen atoms in total. The lowest BCUT2D eigenvalue weighted by molar-refractivity contribution is 0.521. The molecule has 2 aliphatic carbocycles. The molecule has 0 bridgehead atoms. The van der Waals surface area contributed by atoms with Crippen LogP contribution < -0.4 is 0 Å². The molecule has 0 heterocycles. The average Bonchev–Trinajstić information content (AvgIpc) is 3.29. The van der Waals surface area contributed by atoms with Crippen LogP contribution in [0.15, 0.2) is 72.8 Å². The molecule has 6 heteroatoms. The van der Waals surface area contributed by atoms with E-state index in [1.165, 1.54) is 44.5 Å². The molecule has 40 heavy (non-hydrogen) atoms. The summed E-state index contributed by atoms with van der Waals surface area (Å²) in [7, 11) is -3.89. The first-order chi connectivity index (χ1) is 18.7. The number of halogens is 4. The predicted molar refractivity (Wildman–Crippen MR) is 181 cm³/mol. The van der Waals surface area contributed by atoms with E-state index in [1.54, 1.807) is 0 Å². The summed E-state index contributed by atoms with van der Waals surface area (Å²) < 4.78 is 0. The summed E-state index contributed by atoms with van der Waals surface area (Å²) >= 11 is 27.0. The van der Waals surface area contributed by atoms with Crippen LogP contribution in [0.3, 0.4) is 0 Å². The highest BCUT2D eigenvalue weighted by Gasteiger charge is 2.57. The summed E-state index contributed by atoms with van der Waals surface area (Å²) in [5.74, 6) is 0. The third-order valence-electron chi connectivity index (χ3n) is 9.78. The first kappa shape index (κ1) is 28.6. The maximum absolute atomic E-state index is 6.74. The smallest absolute Gasteiger partial charge is 0.0613 e. The maximum atomic E-state index is 6.74. The van der Waals surface area contributed by atoms with Crippen LogP contribution in [0.2, 0.25) is 59.4 Å². The van der Waals surface area contributed by atoms with Crippen molar-refractivity contribution in [2.75, 3.05) is 0 Å². The minimum atomic E-state index is -1.95. The van der Waals surface area contributed by atoms with Gasteiger partial charge in [-0.25, -0.2) is 0 Å². The lowest BCUT2D eigenvalue weighted by atomic mass is 9.83. The van der Waals surface area contributed by atoms with E-state index >= 15 is 0 Å². The molecule has 0 amide bonds. The van der Waals surface area contributed by atoms with E-state index in [2.05, 4.69) is 87.8 Å². The van der Waals surface area contributed by atoms with E-state index in [4.69, 9.17) is 46.4 Å². The Kier molecular flexibility index (Phi) is 6.78. The standard InChI is InChI=1S/C34H34Cl4Si2/c1-39(2,3)33(29-17-21(35)7-11-25(29)26-12-8-22(36)18-30(26)33)15-16-34(40(4,5)6)31-19-23(37)9-13-27(31)28-14-10-24(38)20-32(28)34/h7-14,17-20H,15-16H2,1-6H3. The second-order valence-corrected chi connectivity index (χ2v) is 26.0. The first-order valence-corrected chi connectivity index (χ1v) is 22.4. The van der Waals surface area contributed by atoms with E-state index < -0.39 is 16.1 Å². The van der Waals surface area contributed by atoms with Crippen LogP contribution in [-0.4, -0.2) is 16.1 Å². The minimum absolute atomic E-state index is 0.153. The highest BCUT2D eigenvalue weighted by molar-refractivity contribution is 6.81. The lowest BCUT2D eigenvalue weighted by Crippen LogP contribution is -2.54. The highest BCUT2D eigenvalue weighted by Crippen LogP contribution is 2.62. The fourth-order valence-corrected chi connectivity index (χ4v) is 14.5. The normalized spacial score (nSPS) is 16.4. The second kappa shape index (κ2) is 9.49. The topological polar surface area (TPSA) is 0 Å². The van der Waals surface area contributed by atoms with E-state index in [1.807, 2.05) is 24.3 Å². The van der Waals surface area contributed by atoms with Gasteiger partial charge in [0.2, 0.25) is 0 Å². The van der Waals surface area contributed by atoms with Gasteiger partial charge >= 0.3 is 0 Å². The lowest BCUT2D eigenvalue weighted by Gasteiger charge is -2.48. The van der Waals surface area contributed by atoms with Crippen LogP contribution in [0, 0.1) is 0 Å². The van der Waals surface area contributed by atoms with Crippen molar-refractivity contribution in [3.63, 3.8) is 0 Å². The van der Waals surface area contributed by atoms with Gasteiger partial charge in [-0.1, -0.05) is 110 Å². The fraction of sp³-hybridized carbons (Fsp3) is 0.294. The molecule has 0 radical (unpaired) electrons. The summed E-state index contributed by atoms with van der Waals surface area (Å²) in [6.45, 7) is 15.0. The molecule has 0 saturated carbocycles. The van der Waals surface area contributed by atoms with E-state index in [0.29, 0.717) is 0 Å². The van der Waals surface area contributed by atoms with E-state index in [9.17, 15) is 0 Å². The second-order valence-electron chi connectivity index (χ2n) is 13.6. The molecule has 0 fully saturated rings. The molecular formula is C34H34Cl4Si2. The Morgan fingerprint density at radius 1 is 0.425 bits per heavy atom. The summed E-state index contributed by atoms with van der Waals surface area (Å²) in [5, 5.41) is 2.84. The fourth-order valence-electron chi connectivity index (χ4n) is 7.99. The number of hydrogen-bond acceptors (Lipinski definition) is 0. The molecule has 4 aromatic rings. The van der Waals surface area contributed by atoms with Crippen LogP contribution in [0.4, 0.5) is 0 Å². The Labute approximate surface area is 260 Å². The van der Waals surface area contributed by atoms with Crippen molar-refractivity contribution >= 4 is 62.6 Å². The van der Waals surface area contributed by atoms with Crippen LogP contribution >= 0.6 is 46.4 Å². The van der Waals surface area contributed by atoms with Gasteiger partial charge in [-0.15, -0.1) is 0 Å². The zero-order valence-corrected chi connectivity index (χ0v) is 28.9. The molecule has 0 N–H and O–H groups in total. The van der Waals surface area contributed by atoms with Crippen molar-refractivity contribution in [3.05, 3.63) is 115 Å². The zero-order chi connectivity index (χ0) is 28.8. The molecular weight excluding hydrogens is 606 g/mol. The van der Waals surface area contributed by atoms with Gasteiger partial charge in [0.15, 0.2) is 0 Å². The van der Waals surface area contributed by atoms with E-state index in [0.717, 1.165) is 32.9 Å². The van der Waals surface area contributed by atoms with Crippen molar-refractivity contribution in [2.45, 2.75) is 62.2 Å². The summed E-state index contributed by atoms with van der Waals surface area (Å²) in [6, 6.07) is 25.9. The Balaban J connectivity index is 1.64. The highest BCUT2D eigenvalue weighted by atomic mass is 35.5. The third kappa shape index (κ3) is 3.97. The van der Waals surface area contributed by atoms with Crippen LogP contribution in [0.5, 0.6) is 0 Å². The van der Waals surface area contributed by atoms with Gasteiger partial charge in [-0.05, 0) is 106 Å². The molecule has 0 unspecified atom stereocenters. The van der Waals surface area contributed by atoms with Gasteiger partial charge in [0, 0.05) is 30.2 Å². The predicted octanol–water partition coefficient (Wildman–Crippen LogP) is 12.1. The number of hydrogen-bond donors (Lipinski definition) is 0. The molecule has 4 aromatic carbocycles. The molecule has 0 atom stereocenters. The first-order valence-electron chi connectivity index (χ1n) is 13.9. The quantitative estimate of drug-likeness (QED) is 0.191. The van der Waals surface area contributed by atoms with Crippen molar-refractivity contribution in [2.24, 2.45) is 0 Å². The molecule has 0 saturated heterocycles. The van der Waals surface area contributed by atoms with Crippen molar-refractivity contribution < 1.29 is 0 Å². The van der Waals surface area contributed by atoms with Gasteiger partial charge < -0.3 is 0 Å². The van der Waals surface area contributed by atoms with Crippen LogP contribution in [0.25, 0.3) is 22.3 Å². The Bertz CT molecular complexity index is 1450. The molecule has 2 aliphatic rings. The van der Waals surface area contributed by atoms with Crippen LogP contribution in [-0.2, 0) is 10.1 Å². The monoisotopic (exact) mass is 638 g/mol. The number of rotatable bonds is 5. The molecule has 206 valence electrons.